The van der Waals surface area contributed by atoms with Crippen molar-refractivity contribution in [2.75, 3.05) is 17.1 Å². The van der Waals surface area contributed by atoms with Crippen LogP contribution in [0.3, 0.4) is 0 Å². The molecule has 0 fully saturated rings. The summed E-state index contributed by atoms with van der Waals surface area (Å²) >= 11 is 1.07. The third kappa shape index (κ3) is 6.71. The van der Waals surface area contributed by atoms with Crippen molar-refractivity contribution in [2.24, 2.45) is 0 Å². The van der Waals surface area contributed by atoms with Crippen LogP contribution in [0.2, 0.25) is 0 Å². The number of nitrogens with one attached hydrogen (secondary N) is 2. The van der Waals surface area contributed by atoms with Gasteiger partial charge in [-0.1, -0.05) is 23.2 Å². The molecule has 0 spiro atoms. The lowest BCUT2D eigenvalue weighted by atomic mass is 10.1. The average Bonchev–Trinajstić information content (AvgIpc) is 3.17. The Kier molecular flexibility index (Phi) is 7.67. The quantitative estimate of drug-likeness (QED) is 0.365. The highest BCUT2D eigenvalue weighted by Gasteiger charge is 2.31. The molecule has 0 saturated heterocycles. The van der Waals surface area contributed by atoms with Gasteiger partial charge in [-0.3, -0.25) is 14.3 Å². The highest BCUT2D eigenvalue weighted by Crippen LogP contribution is 2.33. The zero-order valence-corrected chi connectivity index (χ0v) is 20.0. The van der Waals surface area contributed by atoms with Gasteiger partial charge in [0.05, 0.1) is 39.9 Å². The summed E-state index contributed by atoms with van der Waals surface area (Å²) in [5, 5.41) is 2.81. The van der Waals surface area contributed by atoms with E-state index in [1.165, 1.54) is 32.2 Å². The molecular formula is C22H18F3N3O5S2. The molecule has 2 N–H and O–H groups in total. The summed E-state index contributed by atoms with van der Waals surface area (Å²) in [5.41, 5.74) is -0.911. The van der Waals surface area contributed by atoms with Crippen LogP contribution >= 0.6 is 11.3 Å². The maximum Gasteiger partial charge on any atom is 0.416 e. The second kappa shape index (κ2) is 10.3. The summed E-state index contributed by atoms with van der Waals surface area (Å²) in [6.07, 6.45) is -4.73. The normalized spacial score (nSPS) is 11.5. The van der Waals surface area contributed by atoms with Crippen LogP contribution in [-0.2, 0) is 30.5 Å². The molecule has 1 heterocycles. The Bertz CT molecular complexity index is 1450. The van der Waals surface area contributed by atoms with Gasteiger partial charge in [0, 0.05) is 18.9 Å². The number of thiazole rings is 1. The maximum atomic E-state index is 13.2. The van der Waals surface area contributed by atoms with Gasteiger partial charge in [0.15, 0.2) is 5.13 Å². The van der Waals surface area contributed by atoms with Crippen molar-refractivity contribution in [3.8, 4) is 11.8 Å². The van der Waals surface area contributed by atoms with Crippen LogP contribution in [0.5, 0.6) is 0 Å². The number of ether oxygens (including phenoxy) is 1. The number of methoxy groups -OCH3 is 1. The number of hydrogen-bond acceptors (Lipinski definition) is 7. The maximum absolute atomic E-state index is 13.2. The van der Waals surface area contributed by atoms with Gasteiger partial charge in [-0.15, -0.1) is 0 Å². The molecule has 8 nitrogen and oxygen atoms in total. The summed E-state index contributed by atoms with van der Waals surface area (Å²) < 4.78 is 72.8. The molecule has 0 aliphatic carbocycles. The number of carbonyl (C=O) groups is 2. The van der Waals surface area contributed by atoms with Crippen LogP contribution in [0.4, 0.5) is 24.0 Å². The van der Waals surface area contributed by atoms with Crippen LogP contribution in [0.25, 0.3) is 10.2 Å². The summed E-state index contributed by atoms with van der Waals surface area (Å²) in [4.78, 5) is 26.5. The number of carbonyl (C=O) groups excluding carboxylic acids is 2. The topological polar surface area (TPSA) is 114 Å². The van der Waals surface area contributed by atoms with E-state index >= 15 is 0 Å². The number of hydrogen-bond donors (Lipinski definition) is 2. The minimum absolute atomic E-state index is 0.00772. The van der Waals surface area contributed by atoms with E-state index in [0.717, 1.165) is 29.5 Å². The van der Waals surface area contributed by atoms with Gasteiger partial charge in [-0.05, 0) is 36.4 Å². The Labute approximate surface area is 202 Å². The predicted molar refractivity (Wildman–Crippen MR) is 124 cm³/mol. The SMILES string of the molecule is COC(=O)CCC#Cc1cc(C(F)(F)F)ccc1NS(=O)(=O)c1ccc2nc(NC(C)=O)sc2c1. The fourth-order valence-corrected chi connectivity index (χ4v) is 4.95. The summed E-state index contributed by atoms with van der Waals surface area (Å²) in [5.74, 6) is 4.19. The molecule has 0 atom stereocenters. The molecule has 3 aromatic rings. The molecule has 0 aliphatic heterocycles. The van der Waals surface area contributed by atoms with E-state index in [1.54, 1.807) is 0 Å². The van der Waals surface area contributed by atoms with Crippen molar-refractivity contribution >= 4 is 54.3 Å². The van der Waals surface area contributed by atoms with Gasteiger partial charge in [-0.25, -0.2) is 13.4 Å². The Hall–Kier alpha value is -3.63. The van der Waals surface area contributed by atoms with Gasteiger partial charge < -0.3 is 10.1 Å². The van der Waals surface area contributed by atoms with Gasteiger partial charge >= 0.3 is 12.1 Å². The zero-order chi connectivity index (χ0) is 25.8. The highest BCUT2D eigenvalue weighted by molar-refractivity contribution is 7.92. The number of esters is 1. The molecule has 13 heteroatoms. The van der Waals surface area contributed by atoms with E-state index in [9.17, 15) is 31.2 Å². The summed E-state index contributed by atoms with van der Waals surface area (Å²) in [7, 11) is -3.02. The molecule has 1 aromatic heterocycles. The molecule has 2 aromatic carbocycles. The molecule has 3 rings (SSSR count). The number of amides is 1. The highest BCUT2D eigenvalue weighted by atomic mass is 32.2. The lowest BCUT2D eigenvalue weighted by Crippen LogP contribution is -2.14. The van der Waals surface area contributed by atoms with Crippen molar-refractivity contribution in [3.63, 3.8) is 0 Å². The van der Waals surface area contributed by atoms with E-state index in [-0.39, 0.29) is 34.9 Å². The Balaban J connectivity index is 1.94. The van der Waals surface area contributed by atoms with Crippen molar-refractivity contribution in [2.45, 2.75) is 30.8 Å². The first-order valence-corrected chi connectivity index (χ1v) is 12.2. The van der Waals surface area contributed by atoms with E-state index in [1.807, 2.05) is 0 Å². The smallest absolute Gasteiger partial charge is 0.416 e. The standard InChI is InChI=1S/C22H18F3N3O5S2/c1-13(29)26-21-27-18-10-8-16(12-19(18)34-21)35(31,32)28-17-9-7-15(22(23,24)25)11-14(17)5-3-4-6-20(30)33-2/h7-12,28H,4,6H2,1-2H3,(H,26,27,29). The first-order chi connectivity index (χ1) is 16.4. The van der Waals surface area contributed by atoms with Crippen LogP contribution in [-0.4, -0.2) is 32.4 Å². The van der Waals surface area contributed by atoms with E-state index in [2.05, 4.69) is 31.6 Å². The van der Waals surface area contributed by atoms with Gasteiger partial charge in [0.2, 0.25) is 5.91 Å². The van der Waals surface area contributed by atoms with E-state index in [4.69, 9.17) is 0 Å². The number of aromatic nitrogens is 1. The monoisotopic (exact) mass is 525 g/mol. The fourth-order valence-electron chi connectivity index (χ4n) is 2.82. The minimum atomic E-state index is -4.66. The molecule has 0 saturated carbocycles. The third-order valence-corrected chi connectivity index (χ3v) is 6.75. The number of halogens is 3. The summed E-state index contributed by atoms with van der Waals surface area (Å²) in [6, 6.07) is 6.52. The van der Waals surface area contributed by atoms with Gasteiger partial charge in [-0.2, -0.15) is 13.2 Å². The number of nitrogens with zero attached hydrogens (tertiary/aromatic N) is 1. The van der Waals surface area contributed by atoms with Crippen LogP contribution in [0.15, 0.2) is 41.3 Å². The molecule has 35 heavy (non-hydrogen) atoms. The van der Waals surface area contributed by atoms with E-state index < -0.39 is 27.7 Å². The van der Waals surface area contributed by atoms with Gasteiger partial charge in [0.1, 0.15) is 0 Å². The second-order valence-electron chi connectivity index (χ2n) is 7.07. The molecular weight excluding hydrogens is 507 g/mol. The molecule has 0 bridgehead atoms. The lowest BCUT2D eigenvalue weighted by molar-refractivity contribution is -0.140. The Morgan fingerprint density at radius 3 is 2.57 bits per heavy atom. The number of benzene rings is 2. The number of fused-ring (bicyclic) bond motifs is 1. The summed E-state index contributed by atoms with van der Waals surface area (Å²) in [6.45, 7) is 1.31. The average molecular weight is 526 g/mol. The van der Waals surface area contributed by atoms with Crippen LogP contribution in [0, 0.1) is 11.8 Å². The van der Waals surface area contributed by atoms with Crippen LogP contribution in [0.1, 0.15) is 30.9 Å². The first-order valence-electron chi connectivity index (χ1n) is 9.87. The minimum Gasteiger partial charge on any atom is -0.469 e. The van der Waals surface area contributed by atoms with Gasteiger partial charge in [0.25, 0.3) is 10.0 Å². The van der Waals surface area contributed by atoms with E-state index in [0.29, 0.717) is 15.3 Å². The molecule has 184 valence electrons. The molecule has 0 unspecified atom stereocenters. The third-order valence-electron chi connectivity index (χ3n) is 4.45. The zero-order valence-electron chi connectivity index (χ0n) is 18.3. The lowest BCUT2D eigenvalue weighted by Gasteiger charge is -2.13. The van der Waals surface area contributed by atoms with Crippen molar-refractivity contribution in [1.29, 1.82) is 0 Å². The second-order valence-corrected chi connectivity index (χ2v) is 9.78. The first kappa shape index (κ1) is 26.0. The fraction of sp³-hybridized carbons (Fsp3) is 0.227. The number of alkyl halides is 3. The largest absolute Gasteiger partial charge is 0.469 e. The molecule has 0 aliphatic rings. The van der Waals surface area contributed by atoms with Crippen molar-refractivity contribution < 1.29 is 35.9 Å². The molecule has 1 amide bonds. The number of sulfonamides is 1. The van der Waals surface area contributed by atoms with Crippen molar-refractivity contribution in [3.05, 3.63) is 47.5 Å². The molecule has 0 radical (unpaired) electrons. The predicted octanol–water partition coefficient (Wildman–Crippen LogP) is 4.38. The Morgan fingerprint density at radius 1 is 1.17 bits per heavy atom. The number of anilines is 2. The van der Waals surface area contributed by atoms with Crippen LogP contribution < -0.4 is 10.0 Å². The van der Waals surface area contributed by atoms with Crippen molar-refractivity contribution in [1.82, 2.24) is 4.98 Å². The Morgan fingerprint density at radius 2 is 1.91 bits per heavy atom. The number of rotatable bonds is 6.